The molecule has 0 saturated heterocycles. The van der Waals surface area contributed by atoms with Crippen LogP contribution in [0.3, 0.4) is 0 Å². The van der Waals surface area contributed by atoms with Crippen LogP contribution in [0, 0.1) is 15.9 Å². The highest BCUT2D eigenvalue weighted by molar-refractivity contribution is 7.88. The second-order valence-corrected chi connectivity index (χ2v) is 5.61. The van der Waals surface area contributed by atoms with Crippen LogP contribution in [0.15, 0.2) is 39.9 Å². The van der Waals surface area contributed by atoms with Gasteiger partial charge < -0.3 is 4.72 Å². The van der Waals surface area contributed by atoms with Crippen LogP contribution in [0.25, 0.3) is 0 Å². The van der Waals surface area contributed by atoms with E-state index in [9.17, 15) is 18.7 Å². The van der Waals surface area contributed by atoms with Crippen molar-refractivity contribution < 1.29 is 13.5 Å². The Morgan fingerprint density at radius 1 is 1.39 bits per heavy atom. The summed E-state index contributed by atoms with van der Waals surface area (Å²) in [7, 11) is -1.51. The van der Waals surface area contributed by atoms with E-state index in [1.54, 1.807) is 17.5 Å². The van der Waals surface area contributed by atoms with Crippen molar-refractivity contribution in [1.29, 1.82) is 0 Å². The molecule has 18 heavy (non-hydrogen) atoms. The smallest absolute Gasteiger partial charge is 0.300 e. The van der Waals surface area contributed by atoms with Crippen LogP contribution in [0.5, 0.6) is 0 Å². The Hall–Kier alpha value is -1.80. The van der Waals surface area contributed by atoms with Crippen LogP contribution in [-0.2, 0) is 11.0 Å². The minimum atomic E-state index is -1.51. The molecule has 0 aliphatic carbocycles. The number of nitrogens with zero attached hydrogens (tertiary/aromatic N) is 1. The maximum atomic E-state index is 13.1. The molecule has 0 spiro atoms. The topological polar surface area (TPSA) is 72.2 Å². The van der Waals surface area contributed by atoms with E-state index in [2.05, 4.69) is 4.72 Å². The molecule has 0 radical (unpaired) electrons. The number of nitro groups is 1. The first kappa shape index (κ1) is 12.7. The lowest BCUT2D eigenvalue weighted by atomic mass is 10.3. The van der Waals surface area contributed by atoms with E-state index in [1.165, 1.54) is 17.4 Å². The van der Waals surface area contributed by atoms with Gasteiger partial charge in [0.15, 0.2) is 11.0 Å². The van der Waals surface area contributed by atoms with Gasteiger partial charge in [-0.2, -0.15) is 4.39 Å². The maximum Gasteiger partial charge on any atom is 0.306 e. The zero-order valence-corrected chi connectivity index (χ0v) is 10.5. The molecule has 2 aromatic rings. The van der Waals surface area contributed by atoms with Crippen LogP contribution in [-0.4, -0.2) is 9.13 Å². The number of hydrogen-bond donors (Lipinski definition) is 1. The second kappa shape index (κ2) is 5.23. The molecule has 1 unspecified atom stereocenters. The zero-order chi connectivity index (χ0) is 13.1. The number of thiophene rings is 1. The van der Waals surface area contributed by atoms with Gasteiger partial charge in [0.1, 0.15) is 4.21 Å². The summed E-state index contributed by atoms with van der Waals surface area (Å²) >= 11 is 1.29. The van der Waals surface area contributed by atoms with Gasteiger partial charge in [0.2, 0.25) is 5.82 Å². The number of halogens is 1. The maximum absolute atomic E-state index is 13.1. The lowest BCUT2D eigenvalue weighted by molar-refractivity contribution is -0.387. The summed E-state index contributed by atoms with van der Waals surface area (Å²) in [4.78, 5) is 9.73. The van der Waals surface area contributed by atoms with E-state index >= 15 is 0 Å². The van der Waals surface area contributed by atoms with Crippen molar-refractivity contribution in [3.05, 3.63) is 51.6 Å². The molecular weight excluding hydrogens is 279 g/mol. The molecule has 0 saturated carbocycles. The van der Waals surface area contributed by atoms with Crippen molar-refractivity contribution in [3.63, 3.8) is 0 Å². The van der Waals surface area contributed by atoms with Crippen molar-refractivity contribution in [2.45, 2.75) is 4.21 Å². The van der Waals surface area contributed by atoms with E-state index < -0.39 is 27.4 Å². The predicted octanol–water partition coefficient (Wildman–Crippen LogP) is 2.93. The summed E-state index contributed by atoms with van der Waals surface area (Å²) in [5, 5.41) is 12.3. The Kier molecular flexibility index (Phi) is 3.68. The lowest BCUT2D eigenvalue weighted by Crippen LogP contribution is -2.04. The first-order chi connectivity index (χ1) is 8.58. The molecule has 1 N–H and O–H groups in total. The van der Waals surface area contributed by atoms with E-state index in [4.69, 9.17) is 0 Å². The third-order valence-electron chi connectivity index (χ3n) is 2.03. The first-order valence-electron chi connectivity index (χ1n) is 4.74. The van der Waals surface area contributed by atoms with Gasteiger partial charge in [-0.1, -0.05) is 6.07 Å². The average Bonchev–Trinajstić information content (AvgIpc) is 2.85. The van der Waals surface area contributed by atoms with Gasteiger partial charge in [-0.15, -0.1) is 11.3 Å². The van der Waals surface area contributed by atoms with Crippen LogP contribution in [0.1, 0.15) is 0 Å². The van der Waals surface area contributed by atoms with Gasteiger partial charge in [0.05, 0.1) is 10.6 Å². The Bertz CT molecular complexity index is 601. The fraction of sp³-hybridized carbons (Fsp3) is 0. The van der Waals surface area contributed by atoms with Crippen molar-refractivity contribution in [2.75, 3.05) is 4.72 Å². The van der Waals surface area contributed by atoms with E-state index in [-0.39, 0.29) is 5.69 Å². The van der Waals surface area contributed by atoms with E-state index in [0.29, 0.717) is 4.21 Å². The molecule has 2 rings (SSSR count). The molecule has 0 aliphatic rings. The summed E-state index contributed by atoms with van der Waals surface area (Å²) < 4.78 is 28.0. The van der Waals surface area contributed by atoms with Gasteiger partial charge in [-0.05, 0) is 23.6 Å². The lowest BCUT2D eigenvalue weighted by Gasteiger charge is -2.04. The monoisotopic (exact) mass is 286 g/mol. The molecule has 5 nitrogen and oxygen atoms in total. The predicted molar refractivity (Wildman–Crippen MR) is 67.4 cm³/mol. The molecule has 94 valence electrons. The zero-order valence-electron chi connectivity index (χ0n) is 8.83. The highest BCUT2D eigenvalue weighted by Gasteiger charge is 2.15. The van der Waals surface area contributed by atoms with Crippen molar-refractivity contribution >= 4 is 33.7 Å². The number of anilines is 1. The second-order valence-electron chi connectivity index (χ2n) is 3.23. The number of hydrogen-bond acceptors (Lipinski definition) is 4. The standard InChI is InChI=1S/C10H7FN2O3S2/c11-8-4-3-7(6-9(8)13(14)15)12-18(16)10-2-1-5-17-10/h1-6,12H. The SMILES string of the molecule is O=[N+]([O-])c1cc(NS(=O)c2cccs2)ccc1F. The Labute approximate surface area is 108 Å². The normalized spacial score (nSPS) is 12.1. The highest BCUT2D eigenvalue weighted by atomic mass is 32.2. The van der Waals surface area contributed by atoms with Gasteiger partial charge in [-0.25, -0.2) is 4.21 Å². The molecule has 1 atom stereocenters. The minimum absolute atomic E-state index is 0.231. The van der Waals surface area contributed by atoms with Crippen LogP contribution < -0.4 is 4.72 Å². The van der Waals surface area contributed by atoms with Gasteiger partial charge in [0, 0.05) is 6.07 Å². The van der Waals surface area contributed by atoms with Gasteiger partial charge in [-0.3, -0.25) is 10.1 Å². The molecule has 0 bridgehead atoms. The number of benzene rings is 1. The molecule has 0 amide bonds. The molecule has 8 heteroatoms. The molecule has 0 aliphatic heterocycles. The minimum Gasteiger partial charge on any atom is -0.300 e. The molecule has 1 heterocycles. The highest BCUT2D eigenvalue weighted by Crippen LogP contribution is 2.23. The van der Waals surface area contributed by atoms with Gasteiger partial charge in [0.25, 0.3) is 0 Å². The van der Waals surface area contributed by atoms with Gasteiger partial charge >= 0.3 is 5.69 Å². The van der Waals surface area contributed by atoms with Crippen molar-refractivity contribution in [1.82, 2.24) is 0 Å². The third-order valence-corrected chi connectivity index (χ3v) is 4.36. The number of rotatable bonds is 4. The Morgan fingerprint density at radius 3 is 2.78 bits per heavy atom. The first-order valence-corrected chi connectivity index (χ1v) is 6.77. The molecular formula is C10H7FN2O3S2. The quantitative estimate of drug-likeness (QED) is 0.693. The summed E-state index contributed by atoms with van der Waals surface area (Å²) in [5.74, 6) is -0.924. The summed E-state index contributed by atoms with van der Waals surface area (Å²) in [6.45, 7) is 0. The fourth-order valence-electron chi connectivity index (χ4n) is 1.24. The van der Waals surface area contributed by atoms with Crippen LogP contribution >= 0.6 is 11.3 Å². The Balaban J connectivity index is 2.22. The largest absolute Gasteiger partial charge is 0.306 e. The fourth-order valence-corrected chi connectivity index (χ4v) is 2.98. The summed E-state index contributed by atoms with van der Waals surface area (Å²) in [5.41, 5.74) is -0.419. The number of nitro benzene ring substituents is 1. The summed E-state index contributed by atoms with van der Waals surface area (Å²) in [6, 6.07) is 6.69. The molecule has 1 aromatic carbocycles. The van der Waals surface area contributed by atoms with E-state index in [0.717, 1.165) is 12.1 Å². The average molecular weight is 286 g/mol. The molecule has 0 fully saturated rings. The third kappa shape index (κ3) is 2.71. The van der Waals surface area contributed by atoms with E-state index in [1.807, 2.05) is 0 Å². The van der Waals surface area contributed by atoms with Crippen LogP contribution in [0.4, 0.5) is 15.8 Å². The van der Waals surface area contributed by atoms with Crippen LogP contribution in [0.2, 0.25) is 0 Å². The molecule has 1 aromatic heterocycles. The number of nitrogens with one attached hydrogen (secondary N) is 1. The Morgan fingerprint density at radius 2 is 2.17 bits per heavy atom. The van der Waals surface area contributed by atoms with Crippen molar-refractivity contribution in [3.8, 4) is 0 Å². The van der Waals surface area contributed by atoms with Crippen molar-refractivity contribution in [2.24, 2.45) is 0 Å². The summed E-state index contributed by atoms with van der Waals surface area (Å²) in [6.07, 6.45) is 0.